The third kappa shape index (κ3) is 3.89. The number of carbonyl (C=O) groups excluding carboxylic acids is 2. The van der Waals surface area contributed by atoms with Gasteiger partial charge in [0.05, 0.1) is 18.4 Å². The van der Waals surface area contributed by atoms with Crippen LogP contribution in [0.3, 0.4) is 0 Å². The molecule has 1 atom stereocenters. The van der Waals surface area contributed by atoms with Crippen molar-refractivity contribution < 1.29 is 23.8 Å². The third-order valence-corrected chi connectivity index (χ3v) is 6.18. The molecule has 0 radical (unpaired) electrons. The Morgan fingerprint density at radius 1 is 1.03 bits per heavy atom. The summed E-state index contributed by atoms with van der Waals surface area (Å²) in [6, 6.07) is 15.3. The summed E-state index contributed by atoms with van der Waals surface area (Å²) >= 11 is 0. The Morgan fingerprint density at radius 2 is 1.74 bits per heavy atom. The van der Waals surface area contributed by atoms with Crippen molar-refractivity contribution >= 4 is 23.1 Å². The molecule has 1 saturated heterocycles. The molecule has 1 N–H and O–H groups in total. The number of furan rings is 1. The molecule has 2 heterocycles. The number of carbonyl (C=O) groups is 2. The number of aliphatic hydroxyl groups is 1. The monoisotopic (exact) mass is 459 g/mol. The maximum atomic E-state index is 13.4. The van der Waals surface area contributed by atoms with E-state index in [1.165, 1.54) is 12.0 Å². The number of aliphatic hydroxyl groups excluding tert-OH is 1. The highest BCUT2D eigenvalue weighted by Gasteiger charge is 2.49. The second kappa shape index (κ2) is 8.52. The number of anilines is 1. The summed E-state index contributed by atoms with van der Waals surface area (Å²) in [6.07, 6.45) is 0. The van der Waals surface area contributed by atoms with Crippen LogP contribution in [0, 0.1) is 13.8 Å². The smallest absolute Gasteiger partial charge is 0.300 e. The fourth-order valence-corrected chi connectivity index (χ4v) is 4.27. The summed E-state index contributed by atoms with van der Waals surface area (Å²) in [4.78, 5) is 28.1. The van der Waals surface area contributed by atoms with Gasteiger partial charge in [0.15, 0.2) is 0 Å². The van der Waals surface area contributed by atoms with Gasteiger partial charge in [0.2, 0.25) is 0 Å². The van der Waals surface area contributed by atoms with E-state index in [0.29, 0.717) is 28.5 Å². The summed E-state index contributed by atoms with van der Waals surface area (Å²) in [5, 5.41) is 11.5. The standard InChI is InChI=1S/C28H29NO5/c1-16-11-13-18(28(3,4)5)15-19(16)25(30)23-24(22-14-12-17(2)34-22)29(27(32)26(23)31)20-9-7-8-10-21(20)33-6/h7-15,24,30H,1-6H3/b25-23+. The number of benzene rings is 2. The second-order valence-electron chi connectivity index (χ2n) is 9.57. The van der Waals surface area contributed by atoms with E-state index in [1.807, 2.05) is 25.1 Å². The van der Waals surface area contributed by atoms with Crippen LogP contribution >= 0.6 is 0 Å². The molecule has 1 aliphatic rings. The number of amides is 1. The summed E-state index contributed by atoms with van der Waals surface area (Å²) in [5.41, 5.74) is 2.56. The fraction of sp³-hybridized carbons (Fsp3) is 0.286. The average molecular weight is 460 g/mol. The van der Waals surface area contributed by atoms with Crippen molar-refractivity contribution in [3.05, 3.63) is 88.4 Å². The molecule has 1 fully saturated rings. The van der Waals surface area contributed by atoms with Crippen molar-refractivity contribution in [2.75, 3.05) is 12.0 Å². The van der Waals surface area contributed by atoms with Gasteiger partial charge in [-0.25, -0.2) is 0 Å². The Hall–Kier alpha value is -3.80. The summed E-state index contributed by atoms with van der Waals surface area (Å²) < 4.78 is 11.4. The van der Waals surface area contributed by atoms with Crippen LogP contribution in [0.1, 0.15) is 55.0 Å². The Kier molecular flexibility index (Phi) is 5.86. The maximum Gasteiger partial charge on any atom is 0.300 e. The molecule has 1 aromatic heterocycles. The largest absolute Gasteiger partial charge is 0.507 e. The number of methoxy groups -OCH3 is 1. The third-order valence-electron chi connectivity index (χ3n) is 6.18. The molecular weight excluding hydrogens is 430 g/mol. The number of aryl methyl sites for hydroxylation is 2. The van der Waals surface area contributed by atoms with Gasteiger partial charge in [0.1, 0.15) is 29.1 Å². The molecule has 1 aliphatic heterocycles. The van der Waals surface area contributed by atoms with E-state index in [0.717, 1.165) is 11.1 Å². The Bertz CT molecular complexity index is 1310. The zero-order chi connectivity index (χ0) is 24.8. The maximum absolute atomic E-state index is 13.4. The molecule has 3 aromatic rings. The zero-order valence-corrected chi connectivity index (χ0v) is 20.3. The molecule has 6 heteroatoms. The number of ketones is 1. The fourth-order valence-electron chi connectivity index (χ4n) is 4.27. The van der Waals surface area contributed by atoms with Crippen molar-refractivity contribution in [3.8, 4) is 5.75 Å². The van der Waals surface area contributed by atoms with Crippen molar-refractivity contribution in [1.82, 2.24) is 0 Å². The number of para-hydroxylation sites is 2. The number of ether oxygens (including phenoxy) is 1. The molecule has 2 aromatic carbocycles. The Labute approximate surface area is 199 Å². The number of nitrogens with zero attached hydrogens (tertiary/aromatic N) is 1. The van der Waals surface area contributed by atoms with Crippen LogP contribution in [0.15, 0.2) is 64.6 Å². The molecule has 4 rings (SSSR count). The predicted octanol–water partition coefficient (Wildman–Crippen LogP) is 5.83. The van der Waals surface area contributed by atoms with Gasteiger partial charge in [-0.05, 0) is 60.7 Å². The zero-order valence-electron chi connectivity index (χ0n) is 20.3. The van der Waals surface area contributed by atoms with E-state index >= 15 is 0 Å². The molecule has 0 aliphatic carbocycles. The van der Waals surface area contributed by atoms with Gasteiger partial charge in [-0.15, -0.1) is 0 Å². The molecular formula is C28H29NO5. The SMILES string of the molecule is COc1ccccc1N1C(=O)C(=O)/C(=C(/O)c2cc(C(C)(C)C)ccc2C)C1c1ccc(C)o1. The van der Waals surface area contributed by atoms with Crippen LogP contribution in [0.4, 0.5) is 5.69 Å². The van der Waals surface area contributed by atoms with Crippen LogP contribution in [0.2, 0.25) is 0 Å². The molecule has 1 unspecified atom stereocenters. The number of hydrogen-bond acceptors (Lipinski definition) is 5. The predicted molar refractivity (Wildman–Crippen MR) is 131 cm³/mol. The topological polar surface area (TPSA) is 80.0 Å². The molecule has 176 valence electrons. The van der Waals surface area contributed by atoms with Gasteiger partial charge in [-0.2, -0.15) is 0 Å². The highest BCUT2D eigenvalue weighted by Crippen LogP contribution is 2.45. The van der Waals surface area contributed by atoms with Crippen LogP contribution in [0.25, 0.3) is 5.76 Å². The van der Waals surface area contributed by atoms with Crippen LogP contribution in [0.5, 0.6) is 5.75 Å². The van der Waals surface area contributed by atoms with E-state index in [2.05, 4.69) is 20.8 Å². The van der Waals surface area contributed by atoms with Crippen LogP contribution in [-0.4, -0.2) is 23.9 Å². The number of rotatable bonds is 4. The van der Waals surface area contributed by atoms with E-state index in [-0.39, 0.29) is 16.7 Å². The van der Waals surface area contributed by atoms with Gasteiger partial charge in [-0.1, -0.05) is 45.0 Å². The first-order chi connectivity index (χ1) is 16.0. The molecule has 0 saturated carbocycles. The van der Waals surface area contributed by atoms with E-state index in [4.69, 9.17) is 9.15 Å². The van der Waals surface area contributed by atoms with Gasteiger partial charge in [-0.3, -0.25) is 14.5 Å². The molecule has 34 heavy (non-hydrogen) atoms. The van der Waals surface area contributed by atoms with Crippen molar-refractivity contribution in [2.24, 2.45) is 0 Å². The van der Waals surface area contributed by atoms with Crippen molar-refractivity contribution in [1.29, 1.82) is 0 Å². The molecule has 1 amide bonds. The van der Waals surface area contributed by atoms with E-state index in [9.17, 15) is 14.7 Å². The Morgan fingerprint density at radius 3 is 2.35 bits per heavy atom. The van der Waals surface area contributed by atoms with Crippen molar-refractivity contribution in [2.45, 2.75) is 46.1 Å². The molecule has 0 bridgehead atoms. The normalized spacial score (nSPS) is 17.9. The first-order valence-electron chi connectivity index (χ1n) is 11.2. The lowest BCUT2D eigenvalue weighted by molar-refractivity contribution is -0.132. The summed E-state index contributed by atoms with van der Waals surface area (Å²) in [6.45, 7) is 9.88. The number of Topliss-reactive ketones (excluding diaryl/α,β-unsaturated/α-hetero) is 1. The summed E-state index contributed by atoms with van der Waals surface area (Å²) in [5.74, 6) is -0.306. The molecule has 0 spiro atoms. The van der Waals surface area contributed by atoms with Gasteiger partial charge in [0.25, 0.3) is 11.7 Å². The highest BCUT2D eigenvalue weighted by molar-refractivity contribution is 6.51. The quantitative estimate of drug-likeness (QED) is 0.302. The van der Waals surface area contributed by atoms with E-state index < -0.39 is 17.7 Å². The first kappa shape index (κ1) is 23.4. The summed E-state index contributed by atoms with van der Waals surface area (Å²) in [7, 11) is 1.50. The lowest BCUT2D eigenvalue weighted by atomic mass is 9.84. The Balaban J connectivity index is 1.99. The van der Waals surface area contributed by atoms with Gasteiger partial charge in [0, 0.05) is 5.56 Å². The first-order valence-corrected chi connectivity index (χ1v) is 11.2. The van der Waals surface area contributed by atoms with Crippen LogP contribution < -0.4 is 9.64 Å². The highest BCUT2D eigenvalue weighted by atomic mass is 16.5. The lowest BCUT2D eigenvalue weighted by Crippen LogP contribution is -2.29. The minimum Gasteiger partial charge on any atom is -0.507 e. The minimum atomic E-state index is -0.942. The average Bonchev–Trinajstić information content (AvgIpc) is 3.33. The van der Waals surface area contributed by atoms with E-state index in [1.54, 1.807) is 43.3 Å². The lowest BCUT2D eigenvalue weighted by Gasteiger charge is -2.25. The van der Waals surface area contributed by atoms with Crippen LogP contribution in [-0.2, 0) is 15.0 Å². The van der Waals surface area contributed by atoms with Crippen molar-refractivity contribution in [3.63, 3.8) is 0 Å². The minimum absolute atomic E-state index is 0.0144. The number of hydrogen-bond donors (Lipinski definition) is 1. The molecule has 6 nitrogen and oxygen atoms in total. The van der Waals surface area contributed by atoms with Gasteiger partial charge < -0.3 is 14.3 Å². The van der Waals surface area contributed by atoms with Gasteiger partial charge >= 0.3 is 0 Å². The second-order valence-corrected chi connectivity index (χ2v) is 9.57.